The third kappa shape index (κ3) is 4.60. The van der Waals surface area contributed by atoms with Crippen molar-refractivity contribution in [2.45, 2.75) is 13.0 Å². The number of carbonyl (C=O) groups is 1. The summed E-state index contributed by atoms with van der Waals surface area (Å²) in [7, 11) is 0. The van der Waals surface area contributed by atoms with E-state index >= 15 is 0 Å². The molecule has 0 saturated carbocycles. The van der Waals surface area contributed by atoms with Crippen molar-refractivity contribution in [3.05, 3.63) is 70.7 Å². The molecule has 1 aliphatic rings. The number of hydrogen-bond donors (Lipinski definition) is 3. The Balaban J connectivity index is 2.91. The summed E-state index contributed by atoms with van der Waals surface area (Å²) in [6, 6.07) is -0.779. The number of nitrogens with two attached hydrogens (primary N) is 2. The largest absolute Gasteiger partial charge is 0.403 e. The van der Waals surface area contributed by atoms with Gasteiger partial charge in [-0.1, -0.05) is 18.2 Å². The molecule has 1 saturated heterocycles. The second-order valence-corrected chi connectivity index (χ2v) is 4.91. The van der Waals surface area contributed by atoms with Crippen LogP contribution in [-0.4, -0.2) is 11.8 Å². The van der Waals surface area contributed by atoms with Crippen molar-refractivity contribution in [1.29, 1.82) is 0 Å². The Morgan fingerprint density at radius 1 is 1.41 bits per heavy atom. The van der Waals surface area contributed by atoms with Crippen molar-refractivity contribution < 1.29 is 13.6 Å². The lowest BCUT2D eigenvalue weighted by Crippen LogP contribution is -2.48. The summed E-state index contributed by atoms with van der Waals surface area (Å²) in [4.78, 5) is 12.0. The van der Waals surface area contributed by atoms with Crippen molar-refractivity contribution in [3.8, 4) is 0 Å². The molecule has 22 heavy (non-hydrogen) atoms. The fraction of sp³-hybridized carbons (Fsp3) is 0.133. The fourth-order valence-corrected chi connectivity index (χ4v) is 1.72. The Morgan fingerprint density at radius 3 is 2.55 bits per heavy atom. The average Bonchev–Trinajstić information content (AvgIpc) is 2.46. The monoisotopic (exact) mass is 327 g/mol. The Morgan fingerprint density at radius 2 is 2.05 bits per heavy atom. The van der Waals surface area contributed by atoms with Gasteiger partial charge in [0.1, 0.15) is 11.9 Å². The van der Waals surface area contributed by atoms with Crippen LogP contribution in [0, 0.1) is 0 Å². The first-order valence-electron chi connectivity index (χ1n) is 6.22. The quantitative estimate of drug-likeness (QED) is 0.535. The van der Waals surface area contributed by atoms with E-state index in [-0.39, 0.29) is 10.7 Å². The van der Waals surface area contributed by atoms with E-state index in [0.717, 1.165) is 24.4 Å². The Kier molecular flexibility index (Phi) is 6.12. The van der Waals surface area contributed by atoms with Gasteiger partial charge in [-0.15, -0.1) is 0 Å². The SMILES string of the molecule is C=C1NC(C(=O)/C=C(F)/C(N)=C\C=C(/C)F)/C1=C/C(Cl)=C\N. The van der Waals surface area contributed by atoms with Gasteiger partial charge in [0.2, 0.25) is 0 Å². The molecule has 5 N–H and O–H groups in total. The summed E-state index contributed by atoms with van der Waals surface area (Å²) in [5.74, 6) is -2.07. The Hall–Kier alpha value is -2.34. The molecule has 0 aromatic rings. The van der Waals surface area contributed by atoms with Crippen molar-refractivity contribution in [2.75, 3.05) is 0 Å². The lowest BCUT2D eigenvalue weighted by molar-refractivity contribution is -0.116. The lowest BCUT2D eigenvalue weighted by atomic mass is 9.91. The first-order chi connectivity index (χ1) is 10.3. The molecular weight excluding hydrogens is 312 g/mol. The third-order valence-corrected chi connectivity index (χ3v) is 2.99. The van der Waals surface area contributed by atoms with Gasteiger partial charge in [-0.2, -0.15) is 0 Å². The van der Waals surface area contributed by atoms with Crippen molar-refractivity contribution in [3.63, 3.8) is 0 Å². The van der Waals surface area contributed by atoms with Crippen LogP contribution in [0.3, 0.4) is 0 Å². The molecule has 1 aliphatic heterocycles. The van der Waals surface area contributed by atoms with Gasteiger partial charge in [0.15, 0.2) is 5.78 Å². The van der Waals surface area contributed by atoms with Crippen LogP contribution < -0.4 is 16.8 Å². The maximum atomic E-state index is 13.7. The second-order valence-electron chi connectivity index (χ2n) is 4.48. The average molecular weight is 328 g/mol. The van der Waals surface area contributed by atoms with Crippen LogP contribution in [0.1, 0.15) is 6.92 Å². The van der Waals surface area contributed by atoms with E-state index in [0.29, 0.717) is 11.3 Å². The molecule has 0 spiro atoms. The highest BCUT2D eigenvalue weighted by Crippen LogP contribution is 2.26. The molecule has 7 heteroatoms. The predicted molar refractivity (Wildman–Crippen MR) is 83.6 cm³/mol. The minimum Gasteiger partial charge on any atom is -0.403 e. The van der Waals surface area contributed by atoms with Crippen LogP contribution in [0.2, 0.25) is 0 Å². The van der Waals surface area contributed by atoms with Gasteiger partial charge < -0.3 is 16.8 Å². The maximum absolute atomic E-state index is 13.7. The summed E-state index contributed by atoms with van der Waals surface area (Å²) in [5, 5.41) is 2.96. The van der Waals surface area contributed by atoms with E-state index in [4.69, 9.17) is 23.1 Å². The van der Waals surface area contributed by atoms with Crippen molar-refractivity contribution >= 4 is 17.4 Å². The summed E-state index contributed by atoms with van der Waals surface area (Å²) >= 11 is 5.75. The van der Waals surface area contributed by atoms with Crippen molar-refractivity contribution in [1.82, 2.24) is 5.32 Å². The molecule has 1 atom stereocenters. The molecule has 0 aliphatic carbocycles. The van der Waals surface area contributed by atoms with E-state index in [1.165, 1.54) is 13.0 Å². The molecule has 1 rings (SSSR count). The molecular formula is C15H16ClF2N3O. The molecule has 1 fully saturated rings. The van der Waals surface area contributed by atoms with Gasteiger partial charge in [0.25, 0.3) is 0 Å². The number of allylic oxidation sites excluding steroid dienone is 6. The minimum atomic E-state index is -0.957. The standard InChI is InChI=1S/C15H16ClF2N3O/c1-8(17)3-4-13(20)12(18)6-14(22)15-11(9(2)21-15)5-10(16)7-19/h3-7,15,21H,2,19-20H2,1H3/b8-3+,10-7+,11-5+,12-6-,13-4+. The van der Waals surface area contributed by atoms with Crippen LogP contribution in [0.25, 0.3) is 0 Å². The predicted octanol–water partition coefficient (Wildman–Crippen LogP) is 2.58. The van der Waals surface area contributed by atoms with Gasteiger partial charge in [-0.3, -0.25) is 4.79 Å². The topological polar surface area (TPSA) is 81.1 Å². The zero-order chi connectivity index (χ0) is 16.9. The summed E-state index contributed by atoms with van der Waals surface area (Å²) < 4.78 is 26.3. The van der Waals surface area contributed by atoms with Crippen LogP contribution in [0.15, 0.2) is 70.7 Å². The maximum Gasteiger partial charge on any atom is 0.185 e. The number of ketones is 1. The van der Waals surface area contributed by atoms with Gasteiger partial charge in [0.05, 0.1) is 16.6 Å². The molecule has 118 valence electrons. The summed E-state index contributed by atoms with van der Waals surface area (Å²) in [5.41, 5.74) is 11.3. The van der Waals surface area contributed by atoms with Crippen molar-refractivity contribution in [2.24, 2.45) is 11.5 Å². The van der Waals surface area contributed by atoms with E-state index < -0.39 is 23.5 Å². The zero-order valence-electron chi connectivity index (χ0n) is 11.9. The van der Waals surface area contributed by atoms with Crippen LogP contribution in [0.4, 0.5) is 8.78 Å². The normalized spacial score (nSPS) is 22.5. The molecule has 0 aromatic heterocycles. The fourth-order valence-electron chi connectivity index (χ4n) is 1.60. The minimum absolute atomic E-state index is 0.225. The molecule has 0 radical (unpaired) electrons. The number of halogens is 3. The Bertz CT molecular complexity index is 641. The van der Waals surface area contributed by atoms with Gasteiger partial charge in [-0.05, 0) is 25.2 Å². The van der Waals surface area contributed by atoms with E-state index in [1.54, 1.807) is 0 Å². The number of rotatable bonds is 5. The highest BCUT2D eigenvalue weighted by atomic mass is 35.5. The lowest BCUT2D eigenvalue weighted by Gasteiger charge is -2.33. The molecule has 1 unspecified atom stereocenters. The van der Waals surface area contributed by atoms with E-state index in [2.05, 4.69) is 11.9 Å². The summed E-state index contributed by atoms with van der Waals surface area (Å²) in [6.45, 7) is 4.85. The molecule has 0 bridgehead atoms. The highest BCUT2D eigenvalue weighted by molar-refractivity contribution is 6.31. The van der Waals surface area contributed by atoms with Gasteiger partial charge in [-0.25, -0.2) is 8.78 Å². The van der Waals surface area contributed by atoms with Gasteiger partial charge in [0, 0.05) is 23.5 Å². The second kappa shape index (κ2) is 7.61. The van der Waals surface area contributed by atoms with Crippen LogP contribution in [0.5, 0.6) is 0 Å². The van der Waals surface area contributed by atoms with Crippen LogP contribution in [-0.2, 0) is 4.79 Å². The first-order valence-corrected chi connectivity index (χ1v) is 6.59. The van der Waals surface area contributed by atoms with E-state index in [1.807, 2.05) is 0 Å². The first kappa shape index (κ1) is 17.7. The molecule has 0 aromatic carbocycles. The summed E-state index contributed by atoms with van der Waals surface area (Å²) in [6.07, 6.45) is 5.37. The van der Waals surface area contributed by atoms with Gasteiger partial charge >= 0.3 is 0 Å². The third-order valence-electron chi connectivity index (χ3n) is 2.75. The zero-order valence-corrected chi connectivity index (χ0v) is 12.6. The van der Waals surface area contributed by atoms with E-state index in [9.17, 15) is 13.6 Å². The molecule has 0 amide bonds. The molecule has 4 nitrogen and oxygen atoms in total. The highest BCUT2D eigenvalue weighted by Gasteiger charge is 2.32. The Labute approximate surface area is 132 Å². The number of nitrogens with one attached hydrogen (secondary N) is 1. The number of carbonyl (C=O) groups excluding carboxylic acids is 1. The smallest absolute Gasteiger partial charge is 0.185 e. The number of hydrogen-bond acceptors (Lipinski definition) is 4. The van der Waals surface area contributed by atoms with Crippen LogP contribution >= 0.6 is 11.6 Å². The molecule has 1 heterocycles.